The number of nitrogen functional groups attached to an aromatic ring is 1. The van der Waals surface area contributed by atoms with E-state index in [0.29, 0.717) is 4.90 Å². The molecule has 0 bridgehead atoms. The van der Waals surface area contributed by atoms with E-state index in [2.05, 4.69) is 0 Å². The maximum absolute atomic E-state index is 13.4. The van der Waals surface area contributed by atoms with Gasteiger partial charge in [-0.2, -0.15) is 0 Å². The SMILES string of the molecule is Nc1cc(F)cc2c1CN(C1(O)C(=O)NC(=O)CC1(O)O)C2=O. The van der Waals surface area contributed by atoms with Crippen LogP contribution in [0.2, 0.25) is 0 Å². The molecule has 3 amide bonds. The van der Waals surface area contributed by atoms with Crippen molar-refractivity contribution >= 4 is 23.4 Å². The molecule has 1 fully saturated rings. The van der Waals surface area contributed by atoms with Crippen LogP contribution < -0.4 is 11.1 Å². The van der Waals surface area contributed by atoms with E-state index >= 15 is 0 Å². The highest BCUT2D eigenvalue weighted by Crippen LogP contribution is 2.38. The van der Waals surface area contributed by atoms with Gasteiger partial charge in [0.15, 0.2) is 0 Å². The average molecular weight is 325 g/mol. The summed E-state index contributed by atoms with van der Waals surface area (Å²) in [4.78, 5) is 36.0. The summed E-state index contributed by atoms with van der Waals surface area (Å²) in [5.74, 6) is -7.53. The maximum atomic E-state index is 13.4. The monoisotopic (exact) mass is 325 g/mol. The van der Waals surface area contributed by atoms with E-state index < -0.39 is 48.0 Å². The minimum Gasteiger partial charge on any atom is -0.398 e. The molecule has 0 saturated carbocycles. The normalized spacial score (nSPS) is 26.3. The summed E-state index contributed by atoms with van der Waals surface area (Å²) in [7, 11) is 0. The van der Waals surface area contributed by atoms with Gasteiger partial charge < -0.3 is 21.1 Å². The third-order valence-corrected chi connectivity index (χ3v) is 3.97. The van der Waals surface area contributed by atoms with Gasteiger partial charge >= 0.3 is 0 Å². The Labute approximate surface area is 128 Å². The van der Waals surface area contributed by atoms with Crippen molar-refractivity contribution in [1.29, 1.82) is 0 Å². The van der Waals surface area contributed by atoms with Crippen LogP contribution in [-0.2, 0) is 16.1 Å². The second-order valence-electron chi connectivity index (χ2n) is 5.46. The zero-order valence-electron chi connectivity index (χ0n) is 11.5. The molecule has 3 rings (SSSR count). The number of hydrogen-bond acceptors (Lipinski definition) is 7. The van der Waals surface area contributed by atoms with Gasteiger partial charge in [-0.3, -0.25) is 24.6 Å². The molecule has 1 unspecified atom stereocenters. The molecule has 0 aliphatic carbocycles. The predicted molar refractivity (Wildman–Crippen MR) is 70.6 cm³/mol. The molecule has 122 valence electrons. The van der Waals surface area contributed by atoms with Crippen molar-refractivity contribution in [2.75, 3.05) is 5.73 Å². The van der Waals surface area contributed by atoms with Gasteiger partial charge in [0, 0.05) is 16.8 Å². The molecule has 1 saturated heterocycles. The first-order valence-corrected chi connectivity index (χ1v) is 6.49. The van der Waals surface area contributed by atoms with Gasteiger partial charge in [0.25, 0.3) is 17.5 Å². The lowest BCUT2D eigenvalue weighted by Gasteiger charge is -2.45. The minimum atomic E-state index is -3.21. The number of carbonyl (C=O) groups is 3. The number of carbonyl (C=O) groups excluding carboxylic acids is 3. The molecule has 1 aromatic rings. The van der Waals surface area contributed by atoms with Crippen molar-refractivity contribution in [3.8, 4) is 0 Å². The van der Waals surface area contributed by atoms with E-state index in [9.17, 15) is 34.1 Å². The Balaban J connectivity index is 2.09. The topological polar surface area (TPSA) is 153 Å². The molecule has 6 N–H and O–H groups in total. The number of anilines is 1. The number of fused-ring (bicyclic) bond motifs is 1. The summed E-state index contributed by atoms with van der Waals surface area (Å²) < 4.78 is 13.4. The number of hydrogen-bond donors (Lipinski definition) is 5. The van der Waals surface area contributed by atoms with E-state index in [-0.39, 0.29) is 16.8 Å². The Morgan fingerprint density at radius 3 is 2.48 bits per heavy atom. The zero-order valence-corrected chi connectivity index (χ0v) is 11.5. The van der Waals surface area contributed by atoms with E-state index in [4.69, 9.17) is 5.73 Å². The number of piperidine rings is 1. The third kappa shape index (κ3) is 1.92. The highest BCUT2D eigenvalue weighted by molar-refractivity contribution is 6.08. The van der Waals surface area contributed by atoms with Crippen LogP contribution in [0, 0.1) is 5.82 Å². The van der Waals surface area contributed by atoms with Crippen molar-refractivity contribution in [1.82, 2.24) is 10.2 Å². The van der Waals surface area contributed by atoms with Gasteiger partial charge in [-0.05, 0) is 12.1 Å². The highest BCUT2D eigenvalue weighted by atomic mass is 19.1. The van der Waals surface area contributed by atoms with Crippen LogP contribution in [0.5, 0.6) is 0 Å². The molecule has 2 aliphatic heterocycles. The van der Waals surface area contributed by atoms with E-state index in [1.807, 2.05) is 0 Å². The standard InChI is InChI=1S/C13H12FN3O6/c14-5-1-6-7(8(15)2-5)4-17(10(6)19)13(23)11(20)16-9(18)3-12(13,21)22/h1-2,21-23H,3-4,15H2,(H,16,18,20). The Morgan fingerprint density at radius 2 is 1.87 bits per heavy atom. The predicted octanol–water partition coefficient (Wildman–Crippen LogP) is -2.22. The lowest BCUT2D eigenvalue weighted by Crippen LogP contribution is -2.75. The quantitative estimate of drug-likeness (QED) is 0.223. The van der Waals surface area contributed by atoms with Crippen LogP contribution in [-0.4, -0.2) is 49.5 Å². The molecule has 1 aromatic carbocycles. The summed E-state index contributed by atoms with van der Waals surface area (Å²) in [5.41, 5.74) is 2.32. The first-order chi connectivity index (χ1) is 10.6. The fourth-order valence-corrected chi connectivity index (χ4v) is 2.79. The van der Waals surface area contributed by atoms with Gasteiger partial charge in [-0.15, -0.1) is 0 Å². The summed E-state index contributed by atoms with van der Waals surface area (Å²) in [6.07, 6.45) is -1.03. The van der Waals surface area contributed by atoms with E-state index in [1.54, 1.807) is 5.32 Å². The molecule has 10 heteroatoms. The highest BCUT2D eigenvalue weighted by Gasteiger charge is 2.65. The second kappa shape index (κ2) is 4.47. The molecule has 1 atom stereocenters. The molecular weight excluding hydrogens is 313 g/mol. The van der Waals surface area contributed by atoms with Crippen molar-refractivity contribution < 1.29 is 34.1 Å². The summed E-state index contributed by atoms with van der Waals surface area (Å²) in [6.45, 7) is -0.457. The number of nitrogens with one attached hydrogen (secondary N) is 1. The van der Waals surface area contributed by atoms with Gasteiger partial charge in [0.1, 0.15) is 5.82 Å². The summed E-state index contributed by atoms with van der Waals surface area (Å²) in [5, 5.41) is 32.1. The summed E-state index contributed by atoms with van der Waals surface area (Å²) >= 11 is 0. The largest absolute Gasteiger partial charge is 0.398 e. The van der Waals surface area contributed by atoms with Crippen molar-refractivity contribution in [2.24, 2.45) is 0 Å². The first kappa shape index (κ1) is 15.3. The average Bonchev–Trinajstić information content (AvgIpc) is 2.73. The number of amides is 3. The molecule has 9 nitrogen and oxygen atoms in total. The Hall–Kier alpha value is -2.56. The van der Waals surface area contributed by atoms with E-state index in [0.717, 1.165) is 12.1 Å². The Morgan fingerprint density at radius 1 is 1.22 bits per heavy atom. The van der Waals surface area contributed by atoms with Gasteiger partial charge in [0.05, 0.1) is 13.0 Å². The van der Waals surface area contributed by atoms with Crippen LogP contribution in [0.15, 0.2) is 12.1 Å². The molecule has 23 heavy (non-hydrogen) atoms. The Kier molecular flexibility index (Phi) is 2.98. The summed E-state index contributed by atoms with van der Waals surface area (Å²) in [6, 6.07) is 1.81. The number of aliphatic hydroxyl groups is 3. The minimum absolute atomic E-state index is 0.0896. The third-order valence-electron chi connectivity index (χ3n) is 3.97. The van der Waals surface area contributed by atoms with Crippen molar-refractivity contribution in [3.05, 3.63) is 29.1 Å². The molecule has 0 spiro atoms. The first-order valence-electron chi connectivity index (χ1n) is 6.49. The molecule has 0 aromatic heterocycles. The van der Waals surface area contributed by atoms with Crippen LogP contribution in [0.4, 0.5) is 10.1 Å². The zero-order chi connectivity index (χ0) is 17.2. The number of nitrogens with two attached hydrogens (primary N) is 1. The molecule has 2 heterocycles. The number of halogens is 1. The fourth-order valence-electron chi connectivity index (χ4n) is 2.79. The number of rotatable bonds is 1. The van der Waals surface area contributed by atoms with Gasteiger partial charge in [0.2, 0.25) is 11.7 Å². The van der Waals surface area contributed by atoms with Crippen LogP contribution in [0.25, 0.3) is 0 Å². The smallest absolute Gasteiger partial charge is 0.285 e. The maximum Gasteiger partial charge on any atom is 0.285 e. The van der Waals surface area contributed by atoms with Crippen LogP contribution >= 0.6 is 0 Å². The second-order valence-corrected chi connectivity index (χ2v) is 5.46. The lowest BCUT2D eigenvalue weighted by atomic mass is 9.92. The fraction of sp³-hybridized carbons (Fsp3) is 0.308. The van der Waals surface area contributed by atoms with Gasteiger partial charge in [-0.1, -0.05) is 0 Å². The van der Waals surface area contributed by atoms with Crippen molar-refractivity contribution in [3.63, 3.8) is 0 Å². The number of nitrogens with zero attached hydrogens (tertiary/aromatic N) is 1. The van der Waals surface area contributed by atoms with E-state index in [1.165, 1.54) is 0 Å². The van der Waals surface area contributed by atoms with Crippen molar-refractivity contribution in [2.45, 2.75) is 24.5 Å². The number of benzene rings is 1. The molecule has 2 aliphatic rings. The molecular formula is C13H12FN3O6. The number of imide groups is 1. The lowest BCUT2D eigenvalue weighted by molar-refractivity contribution is -0.306. The van der Waals surface area contributed by atoms with Gasteiger partial charge in [-0.25, -0.2) is 4.39 Å². The van der Waals surface area contributed by atoms with Crippen LogP contribution in [0.1, 0.15) is 22.3 Å². The molecule has 0 radical (unpaired) electrons. The Bertz CT molecular complexity index is 764. The van der Waals surface area contributed by atoms with Crippen LogP contribution in [0.3, 0.4) is 0 Å².